The maximum atomic E-state index is 10.5. The number of hydrogen-bond donors (Lipinski definition) is 2. The number of hydrogen-bond acceptors (Lipinski definition) is 4. The van der Waals surface area contributed by atoms with Gasteiger partial charge in [0, 0.05) is 12.4 Å². The molecule has 0 saturated heterocycles. The molecular formula is C8H6N4O2. The smallest absolute Gasteiger partial charge is 0.371 e. The number of H-pyrrole nitrogens is 1. The van der Waals surface area contributed by atoms with Crippen molar-refractivity contribution in [1.82, 2.24) is 19.9 Å². The van der Waals surface area contributed by atoms with Gasteiger partial charge in [-0.2, -0.15) is 0 Å². The van der Waals surface area contributed by atoms with Gasteiger partial charge < -0.3 is 10.1 Å². The van der Waals surface area contributed by atoms with Gasteiger partial charge in [-0.1, -0.05) is 0 Å². The molecule has 14 heavy (non-hydrogen) atoms. The summed E-state index contributed by atoms with van der Waals surface area (Å²) < 4.78 is 0. The number of aromatic carboxylic acids is 1. The van der Waals surface area contributed by atoms with Gasteiger partial charge in [0.25, 0.3) is 0 Å². The molecule has 2 aromatic rings. The maximum absolute atomic E-state index is 10.5. The lowest BCUT2D eigenvalue weighted by Gasteiger charge is -1.92. The van der Waals surface area contributed by atoms with Gasteiger partial charge >= 0.3 is 5.97 Å². The van der Waals surface area contributed by atoms with Crippen LogP contribution >= 0.6 is 0 Å². The summed E-state index contributed by atoms with van der Waals surface area (Å²) >= 11 is 0. The summed E-state index contributed by atoms with van der Waals surface area (Å²) in [5.41, 5.74) is 1.10. The number of nitrogens with zero attached hydrogens (tertiary/aromatic N) is 3. The summed E-state index contributed by atoms with van der Waals surface area (Å²) in [5, 5.41) is 8.62. The van der Waals surface area contributed by atoms with E-state index in [4.69, 9.17) is 5.11 Å². The third kappa shape index (κ3) is 1.45. The molecule has 2 aromatic heterocycles. The third-order valence-electron chi connectivity index (χ3n) is 1.62. The Morgan fingerprint density at radius 1 is 1.29 bits per heavy atom. The molecule has 2 heterocycles. The summed E-state index contributed by atoms with van der Waals surface area (Å²) in [5.74, 6) is -1.20. The molecule has 0 bridgehead atoms. The third-order valence-corrected chi connectivity index (χ3v) is 1.62. The Hall–Kier alpha value is -2.24. The van der Waals surface area contributed by atoms with Gasteiger partial charge in [0.15, 0.2) is 0 Å². The Morgan fingerprint density at radius 3 is 2.71 bits per heavy atom. The van der Waals surface area contributed by atoms with Crippen molar-refractivity contribution in [2.75, 3.05) is 0 Å². The van der Waals surface area contributed by atoms with Crippen molar-refractivity contribution in [3.05, 3.63) is 30.6 Å². The van der Waals surface area contributed by atoms with E-state index in [-0.39, 0.29) is 5.82 Å². The molecule has 6 heteroatoms. The number of aromatic nitrogens is 4. The van der Waals surface area contributed by atoms with Gasteiger partial charge in [0.1, 0.15) is 5.69 Å². The van der Waals surface area contributed by atoms with E-state index in [0.717, 1.165) is 0 Å². The molecule has 0 fully saturated rings. The van der Waals surface area contributed by atoms with Crippen molar-refractivity contribution in [3.8, 4) is 11.4 Å². The molecule has 0 aromatic carbocycles. The molecular weight excluding hydrogens is 184 g/mol. The summed E-state index contributed by atoms with van der Waals surface area (Å²) in [6, 6.07) is 0. The summed E-state index contributed by atoms with van der Waals surface area (Å²) in [6.07, 6.45) is 6.00. The van der Waals surface area contributed by atoms with Gasteiger partial charge in [-0.05, 0) is 0 Å². The van der Waals surface area contributed by atoms with Crippen molar-refractivity contribution in [1.29, 1.82) is 0 Å². The van der Waals surface area contributed by atoms with Crippen LogP contribution < -0.4 is 0 Å². The number of carbonyl (C=O) groups is 1. The van der Waals surface area contributed by atoms with Crippen molar-refractivity contribution in [2.24, 2.45) is 0 Å². The fourth-order valence-electron chi connectivity index (χ4n) is 0.998. The monoisotopic (exact) mass is 190 g/mol. The van der Waals surface area contributed by atoms with Gasteiger partial charge in [0.05, 0.1) is 18.1 Å². The lowest BCUT2D eigenvalue weighted by molar-refractivity contribution is 0.0685. The minimum absolute atomic E-state index is 0.106. The Balaban J connectivity index is 2.39. The van der Waals surface area contributed by atoms with Crippen LogP contribution in [0.5, 0.6) is 0 Å². The normalized spacial score (nSPS) is 10.0. The number of imidazole rings is 1. The van der Waals surface area contributed by atoms with Gasteiger partial charge in [0.2, 0.25) is 5.82 Å². The highest BCUT2D eigenvalue weighted by Gasteiger charge is 2.09. The number of rotatable bonds is 2. The fraction of sp³-hybridized carbons (Fsp3) is 0. The van der Waals surface area contributed by atoms with Crippen molar-refractivity contribution >= 4 is 5.97 Å². The second-order valence-corrected chi connectivity index (χ2v) is 2.54. The molecule has 0 atom stereocenters. The van der Waals surface area contributed by atoms with Gasteiger partial charge in [-0.25, -0.2) is 9.78 Å². The lowest BCUT2D eigenvalue weighted by atomic mass is 10.3. The number of carboxylic acid groups (broad SMARTS) is 1. The quantitative estimate of drug-likeness (QED) is 0.722. The molecule has 6 nitrogen and oxygen atoms in total. The van der Waals surface area contributed by atoms with Crippen LogP contribution in [-0.4, -0.2) is 31.0 Å². The second-order valence-electron chi connectivity index (χ2n) is 2.54. The zero-order valence-corrected chi connectivity index (χ0v) is 7.01. The van der Waals surface area contributed by atoms with Crippen molar-refractivity contribution in [2.45, 2.75) is 0 Å². The Labute approximate surface area is 78.7 Å². The number of carboxylic acids is 1. The minimum atomic E-state index is -1.10. The van der Waals surface area contributed by atoms with E-state index in [9.17, 15) is 4.79 Å². The maximum Gasteiger partial charge on any atom is 0.371 e. The predicted molar refractivity (Wildman–Crippen MR) is 46.6 cm³/mol. The van der Waals surface area contributed by atoms with E-state index < -0.39 is 5.97 Å². The first-order valence-corrected chi connectivity index (χ1v) is 3.82. The van der Waals surface area contributed by atoms with Crippen LogP contribution in [0.15, 0.2) is 24.8 Å². The first-order chi connectivity index (χ1) is 6.77. The molecule has 0 unspecified atom stereocenters. The topological polar surface area (TPSA) is 91.8 Å². The van der Waals surface area contributed by atoms with Crippen LogP contribution in [0.2, 0.25) is 0 Å². The Morgan fingerprint density at radius 2 is 2.14 bits per heavy atom. The molecule has 0 amide bonds. The average Bonchev–Trinajstić information content (AvgIpc) is 2.68. The fourth-order valence-corrected chi connectivity index (χ4v) is 0.998. The van der Waals surface area contributed by atoms with E-state index >= 15 is 0 Å². The van der Waals surface area contributed by atoms with Crippen LogP contribution in [0.1, 0.15) is 10.6 Å². The van der Waals surface area contributed by atoms with Crippen LogP contribution in [0.3, 0.4) is 0 Å². The predicted octanol–water partition coefficient (Wildman–Crippen LogP) is 0.565. The number of aromatic amines is 1. The number of nitrogens with one attached hydrogen (secondary N) is 1. The zero-order chi connectivity index (χ0) is 9.97. The molecule has 2 rings (SSSR count). The highest BCUT2D eigenvalue weighted by Crippen LogP contribution is 2.11. The Kier molecular flexibility index (Phi) is 1.94. The molecule has 0 saturated carbocycles. The molecule has 0 aliphatic heterocycles. The highest BCUT2D eigenvalue weighted by atomic mass is 16.4. The van der Waals surface area contributed by atoms with E-state index in [1.165, 1.54) is 24.8 Å². The SMILES string of the molecule is O=C(O)c1ncc(-c2cnccn2)[nH]1. The van der Waals surface area contributed by atoms with Crippen LogP contribution in [0, 0.1) is 0 Å². The van der Waals surface area contributed by atoms with E-state index in [1.54, 1.807) is 0 Å². The van der Waals surface area contributed by atoms with Crippen molar-refractivity contribution in [3.63, 3.8) is 0 Å². The first kappa shape index (κ1) is 8.36. The summed E-state index contributed by atoms with van der Waals surface area (Å²) in [7, 11) is 0. The summed E-state index contributed by atoms with van der Waals surface area (Å²) in [6.45, 7) is 0. The molecule has 0 spiro atoms. The van der Waals surface area contributed by atoms with Crippen molar-refractivity contribution < 1.29 is 9.90 Å². The molecule has 70 valence electrons. The van der Waals surface area contributed by atoms with Crippen LogP contribution in [0.25, 0.3) is 11.4 Å². The second kappa shape index (κ2) is 3.25. The first-order valence-electron chi connectivity index (χ1n) is 3.82. The molecule has 0 radical (unpaired) electrons. The van der Waals surface area contributed by atoms with E-state index in [1.807, 2.05) is 0 Å². The Bertz CT molecular complexity index is 451. The summed E-state index contributed by atoms with van der Waals surface area (Å²) in [4.78, 5) is 24.7. The molecule has 0 aliphatic carbocycles. The lowest BCUT2D eigenvalue weighted by Crippen LogP contribution is -1.98. The minimum Gasteiger partial charge on any atom is -0.475 e. The van der Waals surface area contributed by atoms with Crippen LogP contribution in [0.4, 0.5) is 0 Å². The zero-order valence-electron chi connectivity index (χ0n) is 7.01. The highest BCUT2D eigenvalue weighted by molar-refractivity contribution is 5.84. The van der Waals surface area contributed by atoms with E-state index in [0.29, 0.717) is 11.4 Å². The average molecular weight is 190 g/mol. The van der Waals surface area contributed by atoms with Gasteiger partial charge in [-0.3, -0.25) is 9.97 Å². The van der Waals surface area contributed by atoms with E-state index in [2.05, 4.69) is 19.9 Å². The molecule has 2 N–H and O–H groups in total. The molecule has 0 aliphatic rings. The largest absolute Gasteiger partial charge is 0.475 e. The van der Waals surface area contributed by atoms with Gasteiger partial charge in [-0.15, -0.1) is 0 Å². The standard InChI is InChI=1S/C8H6N4O2/c13-8(14)7-11-4-6(12-7)5-3-9-1-2-10-5/h1-4H,(H,11,12)(H,13,14). The van der Waals surface area contributed by atoms with Crippen LogP contribution in [-0.2, 0) is 0 Å².